The molecule has 2 fully saturated rings. The van der Waals surface area contributed by atoms with Crippen LogP contribution in [-0.2, 0) is 4.84 Å². The molecule has 2 aliphatic heterocycles. The van der Waals surface area contributed by atoms with Gasteiger partial charge in [0, 0.05) is 13.1 Å². The summed E-state index contributed by atoms with van der Waals surface area (Å²) in [5.74, 6) is 0. The Bertz CT molecular complexity index is 319. The molecule has 0 aromatic rings. The van der Waals surface area contributed by atoms with Gasteiger partial charge in [-0.2, -0.15) is 0 Å². The Morgan fingerprint density at radius 1 is 0.783 bits per heavy atom. The molecule has 0 aromatic heterocycles. The number of unbranched alkanes of at least 4 members (excludes halogenated alkanes) is 13. The average molecular weight is 323 g/mol. The molecular formula is C20H38N2O. The first-order chi connectivity index (χ1) is 11.4. The molecular weight excluding hydrogens is 284 g/mol. The Kier molecular flexibility index (Phi) is 9.73. The van der Waals surface area contributed by atoms with E-state index in [1.54, 1.807) is 0 Å². The van der Waals surface area contributed by atoms with E-state index in [0.29, 0.717) is 0 Å². The van der Waals surface area contributed by atoms with Crippen molar-refractivity contribution in [3.8, 4) is 0 Å². The Morgan fingerprint density at radius 2 is 1.35 bits per heavy atom. The first kappa shape index (κ1) is 18.8. The highest BCUT2D eigenvalue weighted by Crippen LogP contribution is 2.29. The molecule has 0 spiro atoms. The quantitative estimate of drug-likeness (QED) is 0.279. The van der Waals surface area contributed by atoms with Crippen molar-refractivity contribution in [2.75, 3.05) is 13.1 Å². The van der Waals surface area contributed by atoms with Crippen molar-refractivity contribution in [1.82, 2.24) is 9.96 Å². The van der Waals surface area contributed by atoms with E-state index in [4.69, 9.17) is 4.84 Å². The molecule has 0 radical (unpaired) electrons. The molecule has 23 heavy (non-hydrogen) atoms. The summed E-state index contributed by atoms with van der Waals surface area (Å²) in [6, 6.07) is 0. The third kappa shape index (κ3) is 8.21. The number of fused-ring (bicyclic) bond motifs is 1. The summed E-state index contributed by atoms with van der Waals surface area (Å²) in [6.45, 7) is 4.48. The van der Waals surface area contributed by atoms with Crippen molar-refractivity contribution >= 4 is 0 Å². The van der Waals surface area contributed by atoms with Gasteiger partial charge in [-0.1, -0.05) is 90.0 Å². The van der Waals surface area contributed by atoms with E-state index < -0.39 is 0 Å². The summed E-state index contributed by atoms with van der Waals surface area (Å²) in [7, 11) is 0. The van der Waals surface area contributed by atoms with E-state index in [1.807, 2.05) is 5.06 Å². The topological polar surface area (TPSA) is 18.8 Å². The summed E-state index contributed by atoms with van der Waals surface area (Å²) >= 11 is 0. The Balaban J connectivity index is 1.25. The molecule has 0 aliphatic carbocycles. The van der Waals surface area contributed by atoms with Crippen LogP contribution in [0.1, 0.15) is 96.8 Å². The zero-order valence-electron chi connectivity index (χ0n) is 15.3. The van der Waals surface area contributed by atoms with E-state index in [9.17, 15) is 0 Å². The predicted octanol–water partition coefficient (Wildman–Crippen LogP) is 5.83. The molecule has 2 saturated heterocycles. The van der Waals surface area contributed by atoms with Gasteiger partial charge in [0.15, 0.2) is 0 Å². The molecule has 0 N–H and O–H groups in total. The first-order valence-corrected chi connectivity index (χ1v) is 10.3. The lowest BCUT2D eigenvalue weighted by molar-refractivity contribution is 0.148. The Hall–Kier alpha value is -0.540. The van der Waals surface area contributed by atoms with Crippen LogP contribution in [-0.4, -0.2) is 29.4 Å². The highest BCUT2D eigenvalue weighted by molar-refractivity contribution is 4.90. The van der Waals surface area contributed by atoms with Crippen LogP contribution < -0.4 is 0 Å². The molecule has 134 valence electrons. The van der Waals surface area contributed by atoms with Crippen molar-refractivity contribution in [2.24, 2.45) is 0 Å². The molecule has 3 heteroatoms. The van der Waals surface area contributed by atoms with Crippen LogP contribution >= 0.6 is 0 Å². The third-order valence-corrected chi connectivity index (χ3v) is 5.06. The number of allylic oxidation sites excluding steroid dienone is 1. The fraction of sp³-hybridized carbons (Fsp3) is 0.900. The molecule has 2 atom stereocenters. The normalized spacial score (nSPS) is 22.9. The van der Waals surface area contributed by atoms with Crippen molar-refractivity contribution in [3.05, 3.63) is 12.3 Å². The Morgan fingerprint density at radius 3 is 1.83 bits per heavy atom. The van der Waals surface area contributed by atoms with Gasteiger partial charge < -0.3 is 4.90 Å². The number of hydrogen-bond donors (Lipinski definition) is 0. The van der Waals surface area contributed by atoms with E-state index in [0.717, 1.165) is 13.1 Å². The molecule has 2 unspecified atom stereocenters. The molecule has 3 nitrogen and oxygen atoms in total. The monoisotopic (exact) mass is 322 g/mol. The maximum atomic E-state index is 5.35. The van der Waals surface area contributed by atoms with Gasteiger partial charge in [-0.15, -0.1) is 5.06 Å². The highest BCUT2D eigenvalue weighted by Gasteiger charge is 2.45. The number of hydroxylamine groups is 2. The zero-order chi connectivity index (χ0) is 16.2. The lowest BCUT2D eigenvalue weighted by atomic mass is 10.0. The summed E-state index contributed by atoms with van der Waals surface area (Å²) in [5.41, 5.74) is 0. The summed E-state index contributed by atoms with van der Waals surface area (Å²) < 4.78 is 0. The molecule has 2 rings (SSSR count). The summed E-state index contributed by atoms with van der Waals surface area (Å²) in [4.78, 5) is 7.64. The van der Waals surface area contributed by atoms with Crippen molar-refractivity contribution in [1.29, 1.82) is 0 Å². The predicted molar refractivity (Wildman–Crippen MR) is 97.7 cm³/mol. The van der Waals surface area contributed by atoms with Crippen LogP contribution in [0.2, 0.25) is 0 Å². The fourth-order valence-electron chi connectivity index (χ4n) is 3.45. The van der Waals surface area contributed by atoms with E-state index in [1.165, 1.54) is 89.9 Å². The Labute approximate surface area is 144 Å². The minimum absolute atomic E-state index is 0.276. The number of nitrogens with zero attached hydrogens (tertiary/aromatic N) is 2. The first-order valence-electron chi connectivity index (χ1n) is 10.3. The standard InChI is InChI=1S/C20H38N2O/c1-2-3-4-5-6-7-8-9-10-11-12-13-14-15-16-17-21-18-19-22-20(21)23-22/h16-17,20H,2-15,18-19H2,1H3. The largest absolute Gasteiger partial charge is 0.336 e. The second kappa shape index (κ2) is 11.9. The highest BCUT2D eigenvalue weighted by atomic mass is 16.9. The van der Waals surface area contributed by atoms with Gasteiger partial charge in [-0.3, -0.25) is 4.84 Å². The molecule has 0 bridgehead atoms. The van der Waals surface area contributed by atoms with Crippen molar-refractivity contribution < 1.29 is 4.84 Å². The third-order valence-electron chi connectivity index (χ3n) is 5.06. The van der Waals surface area contributed by atoms with Crippen LogP contribution in [0.3, 0.4) is 0 Å². The smallest absolute Gasteiger partial charge is 0.229 e. The summed E-state index contributed by atoms with van der Waals surface area (Å²) in [5, 5.41) is 2.04. The molecule has 0 aromatic carbocycles. The minimum atomic E-state index is 0.276. The minimum Gasteiger partial charge on any atom is -0.336 e. The van der Waals surface area contributed by atoms with E-state index in [-0.39, 0.29) is 6.35 Å². The lowest BCUT2D eigenvalue weighted by Gasteiger charge is -2.09. The molecule has 2 heterocycles. The molecule has 0 amide bonds. The van der Waals surface area contributed by atoms with Crippen molar-refractivity contribution in [2.45, 2.75) is 103 Å². The average Bonchev–Trinajstić information content (AvgIpc) is 3.24. The maximum Gasteiger partial charge on any atom is 0.229 e. The number of rotatable bonds is 15. The molecule has 0 saturated carbocycles. The van der Waals surface area contributed by atoms with Crippen LogP contribution in [0.4, 0.5) is 0 Å². The van der Waals surface area contributed by atoms with Gasteiger partial charge in [0.2, 0.25) is 6.35 Å². The summed E-state index contributed by atoms with van der Waals surface area (Å²) in [6.07, 6.45) is 24.7. The van der Waals surface area contributed by atoms with Crippen LogP contribution in [0.25, 0.3) is 0 Å². The van der Waals surface area contributed by atoms with Gasteiger partial charge in [0.1, 0.15) is 0 Å². The second-order valence-electron chi connectivity index (χ2n) is 7.23. The number of hydrogen-bond acceptors (Lipinski definition) is 3. The molecule has 2 aliphatic rings. The van der Waals surface area contributed by atoms with Crippen molar-refractivity contribution in [3.63, 3.8) is 0 Å². The van der Waals surface area contributed by atoms with Gasteiger partial charge in [0.05, 0.1) is 0 Å². The van der Waals surface area contributed by atoms with E-state index >= 15 is 0 Å². The van der Waals surface area contributed by atoms with Gasteiger partial charge in [0.25, 0.3) is 0 Å². The van der Waals surface area contributed by atoms with Crippen LogP contribution in [0.15, 0.2) is 12.3 Å². The second-order valence-corrected chi connectivity index (χ2v) is 7.23. The van der Waals surface area contributed by atoms with Gasteiger partial charge >= 0.3 is 0 Å². The van der Waals surface area contributed by atoms with Gasteiger partial charge in [-0.25, -0.2) is 0 Å². The zero-order valence-corrected chi connectivity index (χ0v) is 15.3. The van der Waals surface area contributed by atoms with Crippen LogP contribution in [0.5, 0.6) is 0 Å². The van der Waals surface area contributed by atoms with Gasteiger partial charge in [-0.05, 0) is 19.0 Å². The fourth-order valence-corrected chi connectivity index (χ4v) is 3.45. The maximum absolute atomic E-state index is 5.35. The lowest BCUT2D eigenvalue weighted by Crippen LogP contribution is -2.17. The van der Waals surface area contributed by atoms with Crippen LogP contribution in [0, 0.1) is 0 Å². The SMILES string of the molecule is CCCCCCCCCCCCCCCC=CN1CCN2OC12. The van der Waals surface area contributed by atoms with E-state index in [2.05, 4.69) is 24.1 Å².